The van der Waals surface area contributed by atoms with Crippen molar-refractivity contribution in [2.45, 2.75) is 77.9 Å². The number of benzene rings is 2. The summed E-state index contributed by atoms with van der Waals surface area (Å²) in [5.74, 6) is 1.62. The molecule has 4 aromatic rings. The summed E-state index contributed by atoms with van der Waals surface area (Å²) in [5, 5.41) is 22.9. The van der Waals surface area contributed by atoms with Crippen molar-refractivity contribution in [1.82, 2.24) is 19.7 Å². The van der Waals surface area contributed by atoms with Crippen molar-refractivity contribution >= 4 is 40.0 Å². The van der Waals surface area contributed by atoms with E-state index < -0.39 is 0 Å². The van der Waals surface area contributed by atoms with E-state index in [1.807, 2.05) is 10.9 Å². The number of fused-ring (bicyclic) bond motifs is 2. The molecule has 6 rings (SSSR count). The average molecular weight is 525 g/mol. The molecule has 0 radical (unpaired) electrons. The molecule has 8 nitrogen and oxygen atoms in total. The summed E-state index contributed by atoms with van der Waals surface area (Å²) in [4.78, 5) is 21.6. The van der Waals surface area contributed by atoms with Crippen LogP contribution in [-0.4, -0.2) is 36.7 Å². The molecule has 0 aliphatic heterocycles. The Balaban J connectivity index is 1.34. The van der Waals surface area contributed by atoms with Crippen LogP contribution < -0.4 is 10.6 Å². The zero-order valence-corrected chi connectivity index (χ0v) is 22.9. The summed E-state index contributed by atoms with van der Waals surface area (Å²) >= 11 is 0. The van der Waals surface area contributed by atoms with Crippen LogP contribution in [0.25, 0.3) is 11.0 Å². The number of aryl methyl sites for hydroxylation is 3. The zero-order chi connectivity index (χ0) is 27.1. The summed E-state index contributed by atoms with van der Waals surface area (Å²) < 4.78 is 2.02. The molecule has 1 fully saturated rings. The first-order valence-corrected chi connectivity index (χ1v) is 14.0. The van der Waals surface area contributed by atoms with Gasteiger partial charge in [-0.25, -0.2) is 9.67 Å². The van der Waals surface area contributed by atoms with Gasteiger partial charge in [0.25, 0.3) is 0 Å². The van der Waals surface area contributed by atoms with Gasteiger partial charge in [0.15, 0.2) is 11.5 Å². The predicted octanol–water partition coefficient (Wildman–Crippen LogP) is 6.10. The minimum atomic E-state index is -0.242. The Morgan fingerprint density at radius 1 is 1.00 bits per heavy atom. The number of hydrogen-bond donors (Lipinski definition) is 3. The number of ketones is 1. The van der Waals surface area contributed by atoms with Crippen LogP contribution in [0.2, 0.25) is 0 Å². The Kier molecular flexibility index (Phi) is 6.81. The highest BCUT2D eigenvalue weighted by atomic mass is 16.3. The first kappa shape index (κ1) is 25.5. The van der Waals surface area contributed by atoms with Gasteiger partial charge in [-0.3, -0.25) is 4.79 Å². The van der Waals surface area contributed by atoms with E-state index in [0.717, 1.165) is 84.3 Å². The largest absolute Gasteiger partial charge is 0.393 e. The number of rotatable bonds is 6. The van der Waals surface area contributed by atoms with Crippen molar-refractivity contribution in [3.8, 4) is 0 Å². The Hall–Kier alpha value is -3.78. The molecule has 0 bridgehead atoms. The van der Waals surface area contributed by atoms with Gasteiger partial charge in [-0.2, -0.15) is 10.1 Å². The highest BCUT2D eigenvalue weighted by Gasteiger charge is 2.26. The second-order valence-corrected chi connectivity index (χ2v) is 11.2. The summed E-state index contributed by atoms with van der Waals surface area (Å²) in [6, 6.07) is 12.7. The molecule has 3 N–H and O–H groups in total. The van der Waals surface area contributed by atoms with Crippen molar-refractivity contribution in [3.63, 3.8) is 0 Å². The molecule has 8 heteroatoms. The highest BCUT2D eigenvalue weighted by Crippen LogP contribution is 2.35. The topological polar surface area (TPSA) is 105 Å². The van der Waals surface area contributed by atoms with Crippen LogP contribution in [0.3, 0.4) is 0 Å². The lowest BCUT2D eigenvalue weighted by Crippen LogP contribution is -2.22. The van der Waals surface area contributed by atoms with Crippen molar-refractivity contribution in [1.29, 1.82) is 0 Å². The fourth-order valence-electron chi connectivity index (χ4n) is 6.07. The van der Waals surface area contributed by atoms with E-state index in [9.17, 15) is 9.90 Å². The summed E-state index contributed by atoms with van der Waals surface area (Å²) in [6.07, 6.45) is 7.49. The average Bonchev–Trinajstić information content (AvgIpc) is 3.28. The molecule has 1 saturated carbocycles. The highest BCUT2D eigenvalue weighted by molar-refractivity contribution is 5.90. The Labute approximate surface area is 228 Å². The molecule has 1 unspecified atom stereocenters. The second-order valence-electron chi connectivity index (χ2n) is 11.2. The van der Waals surface area contributed by atoms with Crippen molar-refractivity contribution < 1.29 is 9.90 Å². The van der Waals surface area contributed by atoms with Gasteiger partial charge < -0.3 is 15.7 Å². The Bertz CT molecular complexity index is 1520. The van der Waals surface area contributed by atoms with Gasteiger partial charge in [-0.05, 0) is 100 Å². The van der Waals surface area contributed by atoms with E-state index >= 15 is 0 Å². The maximum absolute atomic E-state index is 12.0. The van der Waals surface area contributed by atoms with E-state index in [4.69, 9.17) is 10.1 Å². The van der Waals surface area contributed by atoms with E-state index in [1.165, 1.54) is 11.1 Å². The number of nitrogens with one attached hydrogen (secondary N) is 2. The van der Waals surface area contributed by atoms with E-state index in [2.05, 4.69) is 65.9 Å². The Morgan fingerprint density at radius 2 is 1.77 bits per heavy atom. The van der Waals surface area contributed by atoms with Crippen LogP contribution in [0.5, 0.6) is 0 Å². The lowest BCUT2D eigenvalue weighted by Gasteiger charge is -2.25. The normalized spacial score (nSPS) is 21.0. The number of para-hydroxylation sites is 1. The maximum atomic E-state index is 12.0. The molecular weight excluding hydrogens is 488 g/mol. The van der Waals surface area contributed by atoms with Crippen LogP contribution >= 0.6 is 0 Å². The van der Waals surface area contributed by atoms with Gasteiger partial charge in [-0.15, -0.1) is 0 Å². The standard InChI is InChI=1S/C31H36N6O2/c1-18-5-4-6-19(2)28(18)34-29-27-17-32-31(35-30(27)37(36-29)25-11-13-26(39)14-12-25)33-24-10-9-21-7-8-22(20(3)38)15-23(21)16-24/h4-6,9-10,16-17,22,25-26,39H,7-8,11-15H2,1-3H3,(H,34,36)(H,32,33,35). The molecule has 2 heterocycles. The SMILES string of the molecule is CC(=O)C1CCc2ccc(Nc3ncc4c(Nc5c(C)cccc5C)nn(C5CCC(O)CC5)c4n3)cc2C1. The fraction of sp³-hybridized carbons (Fsp3) is 0.419. The van der Waals surface area contributed by atoms with Crippen molar-refractivity contribution in [2.75, 3.05) is 10.6 Å². The molecule has 2 aliphatic carbocycles. The van der Waals surface area contributed by atoms with E-state index in [1.54, 1.807) is 6.92 Å². The summed E-state index contributed by atoms with van der Waals surface area (Å²) in [7, 11) is 0. The van der Waals surface area contributed by atoms with Gasteiger partial charge in [0.2, 0.25) is 5.95 Å². The van der Waals surface area contributed by atoms with Crippen LogP contribution in [0.1, 0.15) is 67.3 Å². The molecule has 2 aliphatic rings. The number of carbonyl (C=O) groups is 1. The van der Waals surface area contributed by atoms with Gasteiger partial charge >= 0.3 is 0 Å². The summed E-state index contributed by atoms with van der Waals surface area (Å²) in [6.45, 7) is 5.88. The third kappa shape index (κ3) is 5.13. The van der Waals surface area contributed by atoms with Gasteiger partial charge in [0.1, 0.15) is 5.78 Å². The fourth-order valence-corrected chi connectivity index (χ4v) is 6.07. The van der Waals surface area contributed by atoms with Gasteiger partial charge in [0, 0.05) is 23.5 Å². The molecule has 2 aromatic carbocycles. The number of carbonyl (C=O) groups excluding carboxylic acids is 1. The molecular formula is C31H36N6O2. The predicted molar refractivity (Wildman–Crippen MR) is 154 cm³/mol. The Morgan fingerprint density at radius 3 is 2.51 bits per heavy atom. The first-order chi connectivity index (χ1) is 18.9. The lowest BCUT2D eigenvalue weighted by molar-refractivity contribution is -0.121. The van der Waals surface area contributed by atoms with Crippen LogP contribution in [-0.2, 0) is 17.6 Å². The van der Waals surface area contributed by atoms with Crippen LogP contribution in [0, 0.1) is 19.8 Å². The quantitative estimate of drug-likeness (QED) is 0.280. The first-order valence-electron chi connectivity index (χ1n) is 14.0. The zero-order valence-electron chi connectivity index (χ0n) is 22.9. The van der Waals surface area contributed by atoms with E-state index in [-0.39, 0.29) is 23.8 Å². The number of aliphatic hydroxyl groups excluding tert-OH is 1. The molecule has 1 atom stereocenters. The molecule has 202 valence electrons. The van der Waals surface area contributed by atoms with Crippen LogP contribution in [0.15, 0.2) is 42.6 Å². The second kappa shape index (κ2) is 10.4. The van der Waals surface area contributed by atoms with Crippen molar-refractivity contribution in [2.24, 2.45) is 5.92 Å². The van der Waals surface area contributed by atoms with Crippen LogP contribution in [0.4, 0.5) is 23.1 Å². The molecule has 0 amide bonds. The minimum absolute atomic E-state index is 0.103. The third-order valence-electron chi connectivity index (χ3n) is 8.45. The number of hydrogen-bond acceptors (Lipinski definition) is 7. The summed E-state index contributed by atoms with van der Waals surface area (Å²) in [5.41, 5.74) is 7.57. The number of anilines is 4. The molecule has 2 aromatic heterocycles. The minimum Gasteiger partial charge on any atom is -0.393 e. The van der Waals surface area contributed by atoms with Gasteiger partial charge in [0.05, 0.1) is 17.5 Å². The molecule has 39 heavy (non-hydrogen) atoms. The number of nitrogens with zero attached hydrogens (tertiary/aromatic N) is 4. The van der Waals surface area contributed by atoms with Crippen molar-refractivity contribution in [3.05, 3.63) is 64.8 Å². The van der Waals surface area contributed by atoms with Gasteiger partial charge in [-0.1, -0.05) is 24.3 Å². The molecule has 0 saturated heterocycles. The number of Topliss-reactive ketones (excluding diaryl/α,β-unsaturated/α-hetero) is 1. The monoisotopic (exact) mass is 524 g/mol. The lowest BCUT2D eigenvalue weighted by atomic mass is 9.82. The number of aromatic nitrogens is 4. The maximum Gasteiger partial charge on any atom is 0.229 e. The number of aliphatic hydroxyl groups is 1. The van der Waals surface area contributed by atoms with E-state index in [0.29, 0.717) is 5.95 Å². The molecule has 0 spiro atoms. The third-order valence-corrected chi connectivity index (χ3v) is 8.45. The smallest absolute Gasteiger partial charge is 0.229 e.